The lowest BCUT2D eigenvalue weighted by Gasteiger charge is -2.13. The maximum atomic E-state index is 13.2. The van der Waals surface area contributed by atoms with Crippen molar-refractivity contribution >= 4 is 11.9 Å². The van der Waals surface area contributed by atoms with Gasteiger partial charge in [-0.2, -0.15) is 0 Å². The average molecular weight is 569 g/mol. The van der Waals surface area contributed by atoms with Crippen LogP contribution in [-0.4, -0.2) is 33.2 Å². The first-order chi connectivity index (χ1) is 20.5. The third-order valence-electron chi connectivity index (χ3n) is 6.35. The molecule has 0 aromatic heterocycles. The van der Waals surface area contributed by atoms with E-state index in [1.807, 2.05) is 80.6 Å². The molecule has 0 amide bonds. The molecular weight excluding hydrogens is 532 g/mol. The smallest absolute Gasteiger partial charge is 0.189 e. The van der Waals surface area contributed by atoms with Crippen LogP contribution < -0.4 is 28.4 Å². The molecule has 7 heteroatoms. The molecule has 0 unspecified atom stereocenters. The predicted octanol–water partition coefficient (Wildman–Crippen LogP) is 7.56. The van der Waals surface area contributed by atoms with E-state index in [1.165, 1.54) is 6.08 Å². The van der Waals surface area contributed by atoms with Gasteiger partial charge in [-0.05, 0) is 85.7 Å². The van der Waals surface area contributed by atoms with Crippen LogP contribution in [0.2, 0.25) is 0 Å². The second-order valence-electron chi connectivity index (χ2n) is 9.19. The minimum absolute atomic E-state index is 0.192. The van der Waals surface area contributed by atoms with Crippen molar-refractivity contribution in [2.75, 3.05) is 27.4 Å². The molecule has 4 aromatic carbocycles. The van der Waals surface area contributed by atoms with Gasteiger partial charge in [-0.1, -0.05) is 24.3 Å². The average Bonchev–Trinajstić information content (AvgIpc) is 3.03. The fourth-order valence-corrected chi connectivity index (χ4v) is 4.13. The summed E-state index contributed by atoms with van der Waals surface area (Å²) in [6, 6.07) is 26.2. The molecule has 0 saturated heterocycles. The molecule has 0 N–H and O–H groups in total. The Kier molecular flexibility index (Phi) is 10.9. The van der Waals surface area contributed by atoms with Crippen LogP contribution in [0.15, 0.2) is 91.0 Å². The van der Waals surface area contributed by atoms with Crippen molar-refractivity contribution in [1.82, 2.24) is 0 Å². The van der Waals surface area contributed by atoms with Crippen molar-refractivity contribution in [3.8, 4) is 34.5 Å². The van der Waals surface area contributed by atoms with Gasteiger partial charge in [0.25, 0.3) is 0 Å². The molecule has 42 heavy (non-hydrogen) atoms. The number of carbonyl (C=O) groups excluding carboxylic acids is 1. The number of allylic oxidation sites excluding steroid dienone is 1. The van der Waals surface area contributed by atoms with E-state index in [1.54, 1.807) is 38.5 Å². The van der Waals surface area contributed by atoms with Crippen LogP contribution >= 0.6 is 0 Å². The van der Waals surface area contributed by atoms with Gasteiger partial charge in [0, 0.05) is 17.7 Å². The molecule has 7 nitrogen and oxygen atoms in total. The molecule has 0 radical (unpaired) electrons. The van der Waals surface area contributed by atoms with E-state index in [-0.39, 0.29) is 5.78 Å². The van der Waals surface area contributed by atoms with Crippen LogP contribution in [-0.2, 0) is 13.2 Å². The van der Waals surface area contributed by atoms with Gasteiger partial charge in [-0.25, -0.2) is 0 Å². The van der Waals surface area contributed by atoms with Gasteiger partial charge < -0.3 is 28.4 Å². The number of ether oxygens (including phenoxy) is 6. The molecule has 0 aliphatic rings. The lowest BCUT2D eigenvalue weighted by Crippen LogP contribution is -2.03. The third-order valence-corrected chi connectivity index (χ3v) is 6.35. The molecule has 0 atom stereocenters. The number of ketones is 1. The number of hydrogen-bond donors (Lipinski definition) is 0. The van der Waals surface area contributed by atoms with Gasteiger partial charge in [0.2, 0.25) is 0 Å². The van der Waals surface area contributed by atoms with Gasteiger partial charge in [-0.15, -0.1) is 0 Å². The summed E-state index contributed by atoms with van der Waals surface area (Å²) in [5.74, 6) is 3.76. The van der Waals surface area contributed by atoms with Crippen LogP contribution in [0.25, 0.3) is 6.08 Å². The largest absolute Gasteiger partial charge is 0.497 e. The zero-order valence-electron chi connectivity index (χ0n) is 24.4. The Morgan fingerprint density at radius 3 is 1.60 bits per heavy atom. The molecule has 4 rings (SSSR count). The minimum Gasteiger partial charge on any atom is -0.497 e. The number of carbonyl (C=O) groups is 1. The SMILES string of the molecule is CCOc1cc(OCc2ccc(OC)cc2)ccc1C=CC(=O)c1ccc(OCc2ccc(OC)cc2)cc1OCC. The van der Waals surface area contributed by atoms with Crippen molar-refractivity contribution in [3.63, 3.8) is 0 Å². The Morgan fingerprint density at radius 2 is 1.07 bits per heavy atom. The molecule has 0 aliphatic carbocycles. The third kappa shape index (κ3) is 8.30. The fraction of sp³-hybridized carbons (Fsp3) is 0.229. The van der Waals surface area contributed by atoms with Crippen LogP contribution in [0.5, 0.6) is 34.5 Å². The zero-order chi connectivity index (χ0) is 29.7. The molecule has 218 valence electrons. The quantitative estimate of drug-likeness (QED) is 0.108. The zero-order valence-corrected chi connectivity index (χ0v) is 24.4. The van der Waals surface area contributed by atoms with E-state index >= 15 is 0 Å². The van der Waals surface area contributed by atoms with Crippen LogP contribution in [0.4, 0.5) is 0 Å². The first-order valence-electron chi connectivity index (χ1n) is 13.8. The Hall–Kier alpha value is -4.91. The summed E-state index contributed by atoms with van der Waals surface area (Å²) in [4.78, 5) is 13.2. The monoisotopic (exact) mass is 568 g/mol. The lowest BCUT2D eigenvalue weighted by molar-refractivity contribution is 0.104. The number of benzene rings is 4. The first kappa shape index (κ1) is 30.1. The molecule has 0 aliphatic heterocycles. The van der Waals surface area contributed by atoms with E-state index in [4.69, 9.17) is 28.4 Å². The molecule has 0 saturated carbocycles. The summed E-state index contributed by atoms with van der Waals surface area (Å²) < 4.78 is 34.0. The molecule has 4 aromatic rings. The van der Waals surface area contributed by atoms with Gasteiger partial charge in [0.05, 0.1) is 33.0 Å². The van der Waals surface area contributed by atoms with Crippen molar-refractivity contribution in [1.29, 1.82) is 0 Å². The molecule has 0 heterocycles. The van der Waals surface area contributed by atoms with E-state index < -0.39 is 0 Å². The fourth-order valence-electron chi connectivity index (χ4n) is 4.13. The normalized spacial score (nSPS) is 10.8. The van der Waals surface area contributed by atoms with Crippen LogP contribution in [0.1, 0.15) is 40.9 Å². The van der Waals surface area contributed by atoms with E-state index in [0.29, 0.717) is 55.0 Å². The summed E-state index contributed by atoms with van der Waals surface area (Å²) >= 11 is 0. The van der Waals surface area contributed by atoms with Crippen LogP contribution in [0.3, 0.4) is 0 Å². The summed E-state index contributed by atoms with van der Waals surface area (Å²) in [5.41, 5.74) is 3.23. The minimum atomic E-state index is -0.192. The number of rotatable bonds is 15. The second kappa shape index (κ2) is 15.2. The maximum Gasteiger partial charge on any atom is 0.189 e. The molecule has 0 spiro atoms. The van der Waals surface area contributed by atoms with Gasteiger partial charge >= 0.3 is 0 Å². The summed E-state index contributed by atoms with van der Waals surface area (Å²) in [5, 5.41) is 0. The molecular formula is C35H36O7. The predicted molar refractivity (Wildman–Crippen MR) is 163 cm³/mol. The van der Waals surface area contributed by atoms with Crippen molar-refractivity contribution in [2.24, 2.45) is 0 Å². The first-order valence-corrected chi connectivity index (χ1v) is 13.8. The van der Waals surface area contributed by atoms with Crippen LogP contribution in [0, 0.1) is 0 Å². The van der Waals surface area contributed by atoms with Gasteiger partial charge in [-0.3, -0.25) is 4.79 Å². The summed E-state index contributed by atoms with van der Waals surface area (Å²) in [7, 11) is 3.27. The summed E-state index contributed by atoms with van der Waals surface area (Å²) in [6.07, 6.45) is 3.26. The second-order valence-corrected chi connectivity index (χ2v) is 9.19. The Balaban J connectivity index is 1.44. The molecule has 0 fully saturated rings. The van der Waals surface area contributed by atoms with Gasteiger partial charge in [0.15, 0.2) is 5.78 Å². The standard InChI is InChI=1S/C35H36O7/c1-5-39-34-21-30(41-23-25-7-13-28(37-3)14-8-25)17-11-27(34)12-20-33(36)32-19-18-31(22-35(32)40-6-2)42-24-26-9-15-29(38-4)16-10-26/h7-22H,5-6,23-24H2,1-4H3. The highest BCUT2D eigenvalue weighted by atomic mass is 16.5. The van der Waals surface area contributed by atoms with Crippen molar-refractivity contribution < 1.29 is 33.2 Å². The number of hydrogen-bond acceptors (Lipinski definition) is 7. The highest BCUT2D eigenvalue weighted by Crippen LogP contribution is 2.29. The van der Waals surface area contributed by atoms with E-state index in [2.05, 4.69) is 0 Å². The van der Waals surface area contributed by atoms with Crippen molar-refractivity contribution in [2.45, 2.75) is 27.1 Å². The Morgan fingerprint density at radius 1 is 0.595 bits per heavy atom. The maximum absolute atomic E-state index is 13.2. The lowest BCUT2D eigenvalue weighted by atomic mass is 10.1. The van der Waals surface area contributed by atoms with Crippen molar-refractivity contribution in [3.05, 3.63) is 113 Å². The van der Waals surface area contributed by atoms with E-state index in [0.717, 1.165) is 28.2 Å². The summed E-state index contributed by atoms with van der Waals surface area (Å²) in [6.45, 7) is 5.46. The number of methoxy groups -OCH3 is 2. The van der Waals surface area contributed by atoms with Gasteiger partial charge in [0.1, 0.15) is 47.7 Å². The Bertz CT molecular complexity index is 1470. The van der Waals surface area contributed by atoms with E-state index in [9.17, 15) is 4.79 Å². The highest BCUT2D eigenvalue weighted by molar-refractivity contribution is 6.08. The molecule has 0 bridgehead atoms. The topological polar surface area (TPSA) is 72.5 Å². The highest BCUT2D eigenvalue weighted by Gasteiger charge is 2.13. The Labute approximate surface area is 247 Å².